The topological polar surface area (TPSA) is 153 Å². The summed E-state index contributed by atoms with van der Waals surface area (Å²) in [7, 11) is 2.15. The van der Waals surface area contributed by atoms with Crippen LogP contribution in [-0.4, -0.2) is 101 Å². The second-order valence-electron chi connectivity index (χ2n) is 24.0. The number of allylic oxidation sites excluding steroid dienone is 4. The molecule has 1 aliphatic heterocycles. The molecular formula is C67H83N7O6. The van der Waals surface area contributed by atoms with Crippen molar-refractivity contribution in [2.75, 3.05) is 62.8 Å². The fourth-order valence-electron chi connectivity index (χ4n) is 14.3. The SMILES string of the molecule is CC#C[C@]1(O)CC[C@H]2C3CCC4=CC(=O)CCC4=C3[C@@H](c3ccc(N(C)CCCCOCCCC(=O)N4CCN(c5ccc(-c6cc(C(=O)NCc7c(CCC)cc(C)[nH]c7=O)c7ccn(C(C)C)c7c6)cn5)CC4)cc3)C[C@@]21C. The number of aryl methyl sites for hydroxylation is 2. The minimum atomic E-state index is -0.985. The van der Waals surface area contributed by atoms with Gasteiger partial charge in [-0.3, -0.25) is 19.2 Å². The zero-order valence-corrected chi connectivity index (χ0v) is 48.4. The van der Waals surface area contributed by atoms with Crippen LogP contribution in [0.5, 0.6) is 0 Å². The number of nitrogens with zero attached hydrogens (tertiary/aromatic N) is 5. The highest BCUT2D eigenvalue weighted by atomic mass is 16.5. The highest BCUT2D eigenvalue weighted by Crippen LogP contribution is 2.66. The number of ketones is 1. The number of H-pyrrole nitrogens is 1. The third-order valence-electron chi connectivity index (χ3n) is 18.7. The fourth-order valence-corrected chi connectivity index (χ4v) is 14.3. The maximum Gasteiger partial charge on any atom is 0.253 e. The smallest absolute Gasteiger partial charge is 0.253 e. The van der Waals surface area contributed by atoms with Crippen LogP contribution >= 0.6 is 0 Å². The first kappa shape index (κ1) is 56.5. The Hall–Kier alpha value is -6.75. The fraction of sp³-hybridized carbons (Fsp3) is 0.507. The lowest BCUT2D eigenvalue weighted by atomic mass is 9.51. The van der Waals surface area contributed by atoms with E-state index in [-0.39, 0.29) is 47.1 Å². The molecule has 4 heterocycles. The Morgan fingerprint density at radius 3 is 2.49 bits per heavy atom. The van der Waals surface area contributed by atoms with Crippen molar-refractivity contribution in [1.82, 2.24) is 24.8 Å². The molecule has 0 spiro atoms. The largest absolute Gasteiger partial charge is 0.381 e. The third kappa shape index (κ3) is 11.4. The third-order valence-corrected chi connectivity index (χ3v) is 18.7. The Kier molecular flexibility index (Phi) is 17.1. The summed E-state index contributed by atoms with van der Waals surface area (Å²) in [6.07, 6.45) is 16.5. The average molecular weight is 1080 g/mol. The number of aromatic amines is 1. The Morgan fingerprint density at radius 1 is 0.963 bits per heavy atom. The maximum atomic E-state index is 14.0. The Morgan fingerprint density at radius 2 is 1.75 bits per heavy atom. The van der Waals surface area contributed by atoms with Crippen LogP contribution in [0, 0.1) is 36.0 Å². The van der Waals surface area contributed by atoms with Gasteiger partial charge >= 0.3 is 0 Å². The van der Waals surface area contributed by atoms with Crippen LogP contribution in [0.3, 0.4) is 0 Å². The van der Waals surface area contributed by atoms with Crippen LogP contribution < -0.4 is 20.7 Å². The van der Waals surface area contributed by atoms with Crippen LogP contribution in [0.2, 0.25) is 0 Å². The molecule has 2 amide bonds. The molecule has 4 aliphatic carbocycles. The number of amides is 2. The van der Waals surface area contributed by atoms with Crippen molar-refractivity contribution < 1.29 is 24.2 Å². The molecule has 1 saturated heterocycles. The molecule has 5 aliphatic rings. The lowest BCUT2D eigenvalue weighted by molar-refractivity contribution is -0.131. The number of piperazine rings is 1. The number of benzene rings is 2. The highest BCUT2D eigenvalue weighted by molar-refractivity contribution is 6.08. The number of ether oxygens (including phenoxy) is 1. The molecule has 2 saturated carbocycles. The Labute approximate surface area is 473 Å². The van der Waals surface area contributed by atoms with E-state index in [0.717, 1.165) is 110 Å². The minimum Gasteiger partial charge on any atom is -0.381 e. The van der Waals surface area contributed by atoms with Gasteiger partial charge < -0.3 is 39.4 Å². The number of unbranched alkanes of at least 4 members (excludes halogenated alkanes) is 1. The molecule has 10 rings (SSSR count). The quantitative estimate of drug-likeness (QED) is 0.0542. The van der Waals surface area contributed by atoms with Gasteiger partial charge in [-0.1, -0.05) is 43.9 Å². The lowest BCUT2D eigenvalue weighted by Gasteiger charge is -2.53. The number of fused-ring (bicyclic) bond motifs is 5. The van der Waals surface area contributed by atoms with Gasteiger partial charge in [0.15, 0.2) is 5.78 Å². The van der Waals surface area contributed by atoms with E-state index in [0.29, 0.717) is 81.6 Å². The highest BCUT2D eigenvalue weighted by Gasteiger charge is 2.62. The summed E-state index contributed by atoms with van der Waals surface area (Å²) in [5, 5.41) is 16.0. The molecule has 0 radical (unpaired) electrons. The Balaban J connectivity index is 0.666. The number of aliphatic hydroxyl groups is 1. The number of hydrogen-bond acceptors (Lipinski definition) is 9. The summed E-state index contributed by atoms with van der Waals surface area (Å²) in [5.41, 5.74) is 10.9. The monoisotopic (exact) mass is 1080 g/mol. The van der Waals surface area contributed by atoms with E-state index in [4.69, 9.17) is 9.72 Å². The van der Waals surface area contributed by atoms with Gasteiger partial charge in [0, 0.05) is 141 Å². The van der Waals surface area contributed by atoms with Gasteiger partial charge in [0.25, 0.3) is 11.5 Å². The van der Waals surface area contributed by atoms with E-state index in [1.807, 2.05) is 61.5 Å². The first-order chi connectivity index (χ1) is 38.6. The molecule has 13 nitrogen and oxygen atoms in total. The van der Waals surface area contributed by atoms with Crippen molar-refractivity contribution >= 4 is 40.0 Å². The first-order valence-electron chi connectivity index (χ1n) is 29.7. The van der Waals surface area contributed by atoms with Crippen LogP contribution in [0.1, 0.15) is 156 Å². The van der Waals surface area contributed by atoms with E-state index in [2.05, 4.69) is 108 Å². The van der Waals surface area contributed by atoms with E-state index in [1.54, 1.807) is 0 Å². The van der Waals surface area contributed by atoms with Crippen LogP contribution in [0.25, 0.3) is 22.0 Å². The van der Waals surface area contributed by atoms with Crippen molar-refractivity contribution in [3.8, 4) is 23.0 Å². The van der Waals surface area contributed by atoms with Crippen molar-refractivity contribution in [2.45, 2.75) is 149 Å². The molecule has 3 aromatic heterocycles. The number of anilines is 2. The number of carbonyl (C=O) groups is 3. The summed E-state index contributed by atoms with van der Waals surface area (Å²) >= 11 is 0. The van der Waals surface area contributed by atoms with E-state index in [9.17, 15) is 24.3 Å². The summed E-state index contributed by atoms with van der Waals surface area (Å²) in [6, 6.07) is 21.4. The molecule has 1 unspecified atom stereocenters. The van der Waals surface area contributed by atoms with E-state index < -0.39 is 5.60 Å². The number of aromatic nitrogens is 3. The maximum absolute atomic E-state index is 14.0. The molecule has 2 aromatic carbocycles. The van der Waals surface area contributed by atoms with Crippen molar-refractivity contribution in [2.24, 2.45) is 17.3 Å². The molecule has 5 aromatic rings. The lowest BCUT2D eigenvalue weighted by Crippen LogP contribution is -2.51. The van der Waals surface area contributed by atoms with Gasteiger partial charge in [0.1, 0.15) is 11.4 Å². The predicted octanol–water partition coefficient (Wildman–Crippen LogP) is 11.2. The average Bonchev–Trinajstić information content (AvgIpc) is 2.67. The van der Waals surface area contributed by atoms with Crippen molar-refractivity contribution in [1.29, 1.82) is 0 Å². The van der Waals surface area contributed by atoms with Gasteiger partial charge in [-0.15, -0.1) is 5.92 Å². The standard InChI is InChI=1S/C67H83N7O6/c1-8-13-47-37-45(5)70-65(78)58(47)43-69-64(77)56-39-50(40-60-54(56)26-30-74(60)44(3)4)49-18-24-61(68-42-49)72-31-33-73(34-32-72)62(76)14-12-36-80-35-11-10-29-71(7)51-19-15-46(16-20-51)57-41-66(6)59(25-28-67(66,79)27-9-2)55-22-17-48-38-52(75)21-23-53(48)63(55)57/h15-16,18-20,24,26,30,37-40,42,44,55,57,59,79H,8,10-14,17,21-23,25,28-29,31-36,41,43H2,1-7H3,(H,69,77)(H,70,78)/t55?,57-,59+,66+,67+/m1/s1. The second-order valence-corrected chi connectivity index (χ2v) is 24.0. The first-order valence-corrected chi connectivity index (χ1v) is 29.7. The van der Waals surface area contributed by atoms with Crippen LogP contribution in [0.4, 0.5) is 11.5 Å². The molecule has 422 valence electrons. The van der Waals surface area contributed by atoms with Gasteiger partial charge in [0.2, 0.25) is 5.91 Å². The van der Waals surface area contributed by atoms with Crippen molar-refractivity contribution in [3.05, 3.63) is 134 Å². The summed E-state index contributed by atoms with van der Waals surface area (Å²) in [5.74, 6) is 8.37. The molecule has 3 N–H and O–H groups in total. The number of pyridine rings is 2. The summed E-state index contributed by atoms with van der Waals surface area (Å²) < 4.78 is 8.19. The molecule has 0 bridgehead atoms. The molecule has 3 fully saturated rings. The Bertz CT molecular complexity index is 3300. The van der Waals surface area contributed by atoms with Gasteiger partial charge in [-0.05, 0) is 186 Å². The number of rotatable bonds is 19. The summed E-state index contributed by atoms with van der Waals surface area (Å²) in [6.45, 7) is 17.3. The second kappa shape index (κ2) is 24.1. The normalized spacial score (nSPS) is 22.6. The van der Waals surface area contributed by atoms with E-state index in [1.165, 1.54) is 28.0 Å². The van der Waals surface area contributed by atoms with E-state index >= 15 is 0 Å². The van der Waals surface area contributed by atoms with Crippen molar-refractivity contribution in [3.63, 3.8) is 0 Å². The molecule has 80 heavy (non-hydrogen) atoms. The molecule has 5 atom stereocenters. The van der Waals surface area contributed by atoms with Gasteiger partial charge in [0.05, 0.1) is 0 Å². The number of carbonyl (C=O) groups excluding carboxylic acids is 3. The summed E-state index contributed by atoms with van der Waals surface area (Å²) in [4.78, 5) is 67.0. The van der Waals surface area contributed by atoms with Gasteiger partial charge in [-0.25, -0.2) is 4.98 Å². The zero-order valence-electron chi connectivity index (χ0n) is 48.4. The minimum absolute atomic E-state index is 0.140. The molecular weight excluding hydrogens is 999 g/mol. The zero-order chi connectivity index (χ0) is 56.3. The van der Waals surface area contributed by atoms with Gasteiger partial charge in [-0.2, -0.15) is 0 Å². The van der Waals surface area contributed by atoms with Crippen LogP contribution in [-0.2, 0) is 27.3 Å². The van der Waals surface area contributed by atoms with Crippen LogP contribution in [0.15, 0.2) is 101 Å². The predicted molar refractivity (Wildman–Crippen MR) is 319 cm³/mol. The molecule has 13 heteroatoms. The number of nitrogens with one attached hydrogen (secondary N) is 2. The number of hydrogen-bond donors (Lipinski definition) is 3.